The second kappa shape index (κ2) is 7.44. The molecule has 2 aromatic rings. The molecule has 2 rings (SSSR count). The summed E-state index contributed by atoms with van der Waals surface area (Å²) in [5.74, 6) is 0. The van der Waals surface area contributed by atoms with Gasteiger partial charge >= 0.3 is 0 Å². The van der Waals surface area contributed by atoms with E-state index in [0.717, 1.165) is 11.1 Å². The smallest absolute Gasteiger partial charge is 0.121 e. The van der Waals surface area contributed by atoms with Gasteiger partial charge in [-0.25, -0.2) is 0 Å². The molecule has 0 amide bonds. The fraction of sp³-hybridized carbons (Fsp3) is 0.235. The Morgan fingerprint density at radius 3 is 2.35 bits per heavy atom. The lowest BCUT2D eigenvalue weighted by atomic mass is 10.1. The van der Waals surface area contributed by atoms with Crippen LogP contribution >= 0.6 is 0 Å². The molecule has 102 valence electrons. The zero-order valence-electron chi connectivity index (χ0n) is 11.5. The number of ether oxygens (including phenoxy) is 1. The van der Waals surface area contributed by atoms with E-state index in [-0.39, 0.29) is 6.04 Å². The topological polar surface area (TPSA) is 45.0 Å². The van der Waals surface area contributed by atoms with E-state index in [1.807, 2.05) is 54.6 Å². The minimum atomic E-state index is -0.299. The molecule has 0 bridgehead atoms. The summed E-state index contributed by atoms with van der Waals surface area (Å²) in [6.07, 6.45) is 0. The molecule has 1 N–H and O–H groups in total. The lowest BCUT2D eigenvalue weighted by Crippen LogP contribution is -2.19. The second-order valence-electron chi connectivity index (χ2n) is 4.60. The number of hydrogen-bond acceptors (Lipinski definition) is 3. The van der Waals surface area contributed by atoms with E-state index in [0.29, 0.717) is 13.2 Å². The van der Waals surface area contributed by atoms with E-state index in [9.17, 15) is 5.26 Å². The molecule has 2 aromatic carbocycles. The maximum atomic E-state index is 9.29. The second-order valence-corrected chi connectivity index (χ2v) is 4.60. The summed E-state index contributed by atoms with van der Waals surface area (Å²) in [6, 6.07) is 20.0. The van der Waals surface area contributed by atoms with Gasteiger partial charge in [-0.15, -0.1) is 0 Å². The molecule has 1 unspecified atom stereocenters. The third-order valence-corrected chi connectivity index (χ3v) is 3.11. The van der Waals surface area contributed by atoms with E-state index in [1.54, 1.807) is 7.11 Å². The molecule has 1 atom stereocenters. The van der Waals surface area contributed by atoms with Crippen LogP contribution in [0.2, 0.25) is 0 Å². The zero-order valence-corrected chi connectivity index (χ0v) is 11.5. The predicted molar refractivity (Wildman–Crippen MR) is 78.8 cm³/mol. The van der Waals surface area contributed by atoms with Crippen LogP contribution in [0.4, 0.5) is 0 Å². The fourth-order valence-electron chi connectivity index (χ4n) is 2.03. The van der Waals surface area contributed by atoms with Gasteiger partial charge < -0.3 is 4.74 Å². The predicted octanol–water partition coefficient (Wildman–Crippen LogP) is 3.19. The lowest BCUT2D eigenvalue weighted by molar-refractivity contribution is 0.185. The minimum Gasteiger partial charge on any atom is -0.380 e. The van der Waals surface area contributed by atoms with E-state index in [2.05, 4.69) is 11.4 Å². The first-order chi connectivity index (χ1) is 9.83. The molecule has 0 aliphatic heterocycles. The molecule has 0 spiro atoms. The SMILES string of the molecule is COCc1ccc(C(C#N)NCc2ccccc2)cc1. The van der Waals surface area contributed by atoms with E-state index in [1.165, 1.54) is 5.56 Å². The van der Waals surface area contributed by atoms with Crippen LogP contribution in [0.1, 0.15) is 22.7 Å². The van der Waals surface area contributed by atoms with Crippen LogP contribution in [0.25, 0.3) is 0 Å². The summed E-state index contributed by atoms with van der Waals surface area (Å²) in [4.78, 5) is 0. The summed E-state index contributed by atoms with van der Waals surface area (Å²) in [6.45, 7) is 1.27. The summed E-state index contributed by atoms with van der Waals surface area (Å²) >= 11 is 0. The van der Waals surface area contributed by atoms with E-state index < -0.39 is 0 Å². The van der Waals surface area contributed by atoms with Crippen LogP contribution in [0.15, 0.2) is 54.6 Å². The Bertz CT molecular complexity index is 558. The Labute approximate surface area is 119 Å². The molecular weight excluding hydrogens is 248 g/mol. The zero-order chi connectivity index (χ0) is 14.2. The highest BCUT2D eigenvalue weighted by Gasteiger charge is 2.09. The molecule has 3 heteroatoms. The Hall–Kier alpha value is -2.15. The van der Waals surface area contributed by atoms with Gasteiger partial charge in [0, 0.05) is 13.7 Å². The van der Waals surface area contributed by atoms with Gasteiger partial charge in [0.05, 0.1) is 12.7 Å². The molecule has 0 heterocycles. The van der Waals surface area contributed by atoms with Gasteiger partial charge in [0.15, 0.2) is 0 Å². The van der Waals surface area contributed by atoms with Crippen LogP contribution in [0, 0.1) is 11.3 Å². The fourth-order valence-corrected chi connectivity index (χ4v) is 2.03. The highest BCUT2D eigenvalue weighted by molar-refractivity contribution is 5.28. The van der Waals surface area contributed by atoms with Crippen molar-refractivity contribution in [1.29, 1.82) is 5.26 Å². The molecular formula is C17H18N2O. The Kier molecular flexibility index (Phi) is 5.31. The van der Waals surface area contributed by atoms with Crippen molar-refractivity contribution in [3.63, 3.8) is 0 Å². The minimum absolute atomic E-state index is 0.299. The number of nitrogens with zero attached hydrogens (tertiary/aromatic N) is 1. The summed E-state index contributed by atoms with van der Waals surface area (Å²) in [5, 5.41) is 12.6. The Balaban J connectivity index is 1.99. The molecule has 0 aliphatic carbocycles. The highest BCUT2D eigenvalue weighted by Crippen LogP contribution is 2.14. The van der Waals surface area contributed by atoms with Crippen LogP contribution in [-0.4, -0.2) is 7.11 Å². The van der Waals surface area contributed by atoms with Gasteiger partial charge in [-0.1, -0.05) is 54.6 Å². The maximum absolute atomic E-state index is 9.29. The van der Waals surface area contributed by atoms with Crippen molar-refractivity contribution >= 4 is 0 Å². The van der Waals surface area contributed by atoms with E-state index >= 15 is 0 Å². The Morgan fingerprint density at radius 2 is 1.75 bits per heavy atom. The van der Waals surface area contributed by atoms with Crippen molar-refractivity contribution in [2.45, 2.75) is 19.2 Å². The first kappa shape index (κ1) is 14.3. The molecule has 0 aromatic heterocycles. The average Bonchev–Trinajstić information content (AvgIpc) is 2.51. The Morgan fingerprint density at radius 1 is 1.05 bits per heavy atom. The third-order valence-electron chi connectivity index (χ3n) is 3.11. The van der Waals surface area contributed by atoms with Gasteiger partial charge in [0.25, 0.3) is 0 Å². The number of hydrogen-bond donors (Lipinski definition) is 1. The standard InChI is InChI=1S/C17H18N2O/c1-20-13-15-7-9-16(10-8-15)17(11-18)19-12-14-5-3-2-4-6-14/h2-10,17,19H,12-13H2,1H3. The quantitative estimate of drug-likeness (QED) is 0.873. The van der Waals surface area contributed by atoms with Crippen LogP contribution < -0.4 is 5.32 Å². The van der Waals surface area contributed by atoms with Gasteiger partial charge in [-0.2, -0.15) is 5.26 Å². The molecule has 0 fully saturated rings. The largest absolute Gasteiger partial charge is 0.380 e. The summed E-state index contributed by atoms with van der Waals surface area (Å²) in [5.41, 5.74) is 3.25. The average molecular weight is 266 g/mol. The van der Waals surface area contributed by atoms with Gasteiger partial charge in [-0.3, -0.25) is 5.32 Å². The first-order valence-corrected chi connectivity index (χ1v) is 6.58. The molecule has 3 nitrogen and oxygen atoms in total. The van der Waals surface area contributed by atoms with Crippen LogP contribution in [0.5, 0.6) is 0 Å². The van der Waals surface area contributed by atoms with E-state index in [4.69, 9.17) is 4.74 Å². The lowest BCUT2D eigenvalue weighted by Gasteiger charge is -2.12. The number of benzene rings is 2. The molecule has 20 heavy (non-hydrogen) atoms. The summed E-state index contributed by atoms with van der Waals surface area (Å²) in [7, 11) is 1.67. The molecule has 0 aliphatic rings. The van der Waals surface area contributed by atoms with Crippen molar-refractivity contribution in [1.82, 2.24) is 5.32 Å². The van der Waals surface area contributed by atoms with Gasteiger partial charge in [0.2, 0.25) is 0 Å². The number of nitrogens with one attached hydrogen (secondary N) is 1. The first-order valence-electron chi connectivity index (χ1n) is 6.58. The maximum Gasteiger partial charge on any atom is 0.121 e. The number of rotatable bonds is 6. The van der Waals surface area contributed by atoms with Crippen molar-refractivity contribution in [2.24, 2.45) is 0 Å². The van der Waals surface area contributed by atoms with Crippen molar-refractivity contribution < 1.29 is 4.74 Å². The number of nitriles is 1. The monoisotopic (exact) mass is 266 g/mol. The van der Waals surface area contributed by atoms with Crippen molar-refractivity contribution in [3.8, 4) is 6.07 Å². The number of methoxy groups -OCH3 is 1. The van der Waals surface area contributed by atoms with Crippen molar-refractivity contribution in [3.05, 3.63) is 71.3 Å². The highest BCUT2D eigenvalue weighted by atomic mass is 16.5. The van der Waals surface area contributed by atoms with Crippen LogP contribution in [0.3, 0.4) is 0 Å². The molecule has 0 saturated heterocycles. The van der Waals surface area contributed by atoms with Crippen LogP contribution in [-0.2, 0) is 17.9 Å². The molecule has 0 saturated carbocycles. The summed E-state index contributed by atoms with van der Waals surface area (Å²) < 4.78 is 5.08. The van der Waals surface area contributed by atoms with Crippen molar-refractivity contribution in [2.75, 3.05) is 7.11 Å². The van der Waals surface area contributed by atoms with Gasteiger partial charge in [0.1, 0.15) is 6.04 Å². The molecule has 0 radical (unpaired) electrons. The normalized spacial score (nSPS) is 11.8. The third kappa shape index (κ3) is 3.92. The van der Waals surface area contributed by atoms with Gasteiger partial charge in [-0.05, 0) is 16.7 Å².